The van der Waals surface area contributed by atoms with Crippen molar-refractivity contribution >= 4 is 5.91 Å². The summed E-state index contributed by atoms with van der Waals surface area (Å²) in [6.45, 7) is -2.54. The number of carbonyl (C=O) groups excluding carboxylic acids is 1. The number of aliphatic hydroxyl groups is 8. The minimum Gasteiger partial charge on any atom is -0.394 e. The Hall–Kier alpha value is -2.40. The van der Waals surface area contributed by atoms with Crippen LogP contribution in [-0.2, 0) is 24.6 Å². The number of hydrogen-bond donors (Lipinski definition) is 9. The summed E-state index contributed by atoms with van der Waals surface area (Å²) in [5.41, 5.74) is -3.11. The lowest BCUT2D eigenvalue weighted by molar-refractivity contribution is -0.299. The van der Waals surface area contributed by atoms with E-state index >= 15 is 0 Å². The maximum absolute atomic E-state index is 13.3. The standard InChI is InChI=1S/C24H32F3N3O13/c25-24(26,27)23(29-30-23)10-3-1-9(2-4-10)20(37)28-11(7-40-18-12(5-31)42-21(38)16(35)14(18)33)8-41-19-13(6-32)43-22(39)17(36)15(19)34/h1-4,11-19,21-22,31-36,38-39H,5-8H2,(H,28,37)/t11?,12-,13?,14?,15-,16?,17-,18-,19-,21-,22-/m1/s1. The first kappa shape index (κ1) is 33.5. The molecule has 2 saturated heterocycles. The first-order valence-electron chi connectivity index (χ1n) is 13.0. The van der Waals surface area contributed by atoms with E-state index in [1.54, 1.807) is 0 Å². The quantitative estimate of drug-likeness (QED) is 0.116. The second-order valence-electron chi connectivity index (χ2n) is 10.2. The van der Waals surface area contributed by atoms with Gasteiger partial charge in [-0.2, -0.15) is 13.2 Å². The van der Waals surface area contributed by atoms with Crippen molar-refractivity contribution in [1.82, 2.24) is 5.32 Å². The number of aliphatic hydroxyl groups excluding tert-OH is 8. The number of nitrogens with one attached hydrogen (secondary N) is 1. The SMILES string of the molecule is O=C(NC(CO[C@@H]1C(CO)O[C@@H](O)[C@H](O)[C@H]1O)CO[C@H]1C(O)C(O)[C@H](O)O[C@@H]1CO)c1ccc(C2(C(F)(F)F)N=N2)cc1. The monoisotopic (exact) mass is 627 g/mol. The molecule has 1 amide bonds. The topological polar surface area (TPSA) is 253 Å². The van der Waals surface area contributed by atoms with E-state index in [9.17, 15) is 58.8 Å². The number of ether oxygens (including phenoxy) is 4. The summed E-state index contributed by atoms with van der Waals surface area (Å²) < 4.78 is 61.2. The Labute approximate surface area is 240 Å². The molecule has 0 radical (unpaired) electrons. The number of rotatable bonds is 11. The van der Waals surface area contributed by atoms with E-state index in [0.29, 0.717) is 0 Å². The van der Waals surface area contributed by atoms with Crippen LogP contribution >= 0.6 is 0 Å². The molecule has 0 bridgehead atoms. The second kappa shape index (κ2) is 13.3. The Morgan fingerprint density at radius 3 is 1.65 bits per heavy atom. The zero-order valence-electron chi connectivity index (χ0n) is 22.1. The van der Waals surface area contributed by atoms with Crippen molar-refractivity contribution in [3.8, 4) is 0 Å². The molecule has 3 aliphatic heterocycles. The fraction of sp³-hybridized carbons (Fsp3) is 0.708. The van der Waals surface area contributed by atoms with Gasteiger partial charge in [0.2, 0.25) is 0 Å². The van der Waals surface area contributed by atoms with Crippen LogP contribution in [0.1, 0.15) is 15.9 Å². The molecule has 0 aromatic heterocycles. The van der Waals surface area contributed by atoms with Gasteiger partial charge in [0.25, 0.3) is 5.91 Å². The van der Waals surface area contributed by atoms with Gasteiger partial charge in [-0.15, -0.1) is 10.2 Å². The molecule has 16 nitrogen and oxygen atoms in total. The molecule has 19 heteroatoms. The average molecular weight is 628 g/mol. The Bertz CT molecular complexity index is 1080. The molecular weight excluding hydrogens is 595 g/mol. The number of benzene rings is 1. The second-order valence-corrected chi connectivity index (χ2v) is 10.2. The lowest BCUT2D eigenvalue weighted by Gasteiger charge is -2.41. The van der Waals surface area contributed by atoms with Gasteiger partial charge < -0.3 is 65.1 Å². The smallest absolute Gasteiger partial charge is 0.394 e. The van der Waals surface area contributed by atoms with E-state index < -0.39 is 112 Å². The van der Waals surface area contributed by atoms with Crippen LogP contribution in [0.25, 0.3) is 0 Å². The molecular formula is C24H32F3N3O13. The number of alkyl halides is 3. The Balaban J connectivity index is 1.48. The number of amides is 1. The molecule has 1 aromatic rings. The van der Waals surface area contributed by atoms with E-state index in [0.717, 1.165) is 24.3 Å². The minimum absolute atomic E-state index is 0.104. The van der Waals surface area contributed by atoms with Crippen molar-refractivity contribution in [2.24, 2.45) is 10.2 Å². The summed E-state index contributed by atoms with van der Waals surface area (Å²) in [4.78, 5) is 13.0. The lowest BCUT2D eigenvalue weighted by Crippen LogP contribution is -2.61. The summed E-state index contributed by atoms with van der Waals surface area (Å²) >= 11 is 0. The largest absolute Gasteiger partial charge is 0.442 e. The molecule has 3 aliphatic rings. The molecule has 0 saturated carbocycles. The zero-order chi connectivity index (χ0) is 31.7. The third-order valence-electron chi connectivity index (χ3n) is 7.24. The lowest BCUT2D eigenvalue weighted by atomic mass is 9.99. The van der Waals surface area contributed by atoms with Crippen molar-refractivity contribution in [3.63, 3.8) is 0 Å². The highest BCUT2D eigenvalue weighted by Crippen LogP contribution is 2.52. The summed E-state index contributed by atoms with van der Waals surface area (Å²) in [5.74, 6) is -0.835. The number of halogens is 3. The maximum atomic E-state index is 13.3. The highest BCUT2D eigenvalue weighted by atomic mass is 19.4. The molecule has 0 aliphatic carbocycles. The van der Waals surface area contributed by atoms with Gasteiger partial charge in [0.1, 0.15) is 48.8 Å². The van der Waals surface area contributed by atoms with Crippen molar-refractivity contribution in [2.75, 3.05) is 26.4 Å². The number of nitrogens with zero attached hydrogens (tertiary/aromatic N) is 2. The zero-order valence-corrected chi connectivity index (χ0v) is 22.1. The van der Waals surface area contributed by atoms with Crippen LogP contribution in [0.5, 0.6) is 0 Å². The molecule has 4 unspecified atom stereocenters. The van der Waals surface area contributed by atoms with Gasteiger partial charge in [-0.3, -0.25) is 4.79 Å². The van der Waals surface area contributed by atoms with Gasteiger partial charge in [-0.25, -0.2) is 0 Å². The predicted octanol–water partition coefficient (Wildman–Crippen LogP) is -3.40. The Morgan fingerprint density at radius 2 is 1.28 bits per heavy atom. The van der Waals surface area contributed by atoms with E-state index in [4.69, 9.17) is 18.9 Å². The first-order chi connectivity index (χ1) is 20.2. The van der Waals surface area contributed by atoms with E-state index in [-0.39, 0.29) is 11.1 Å². The van der Waals surface area contributed by atoms with Gasteiger partial charge in [0, 0.05) is 11.1 Å². The van der Waals surface area contributed by atoms with E-state index in [1.165, 1.54) is 0 Å². The van der Waals surface area contributed by atoms with E-state index in [1.807, 2.05) is 0 Å². The van der Waals surface area contributed by atoms with E-state index in [2.05, 4.69) is 15.5 Å². The molecule has 242 valence electrons. The van der Waals surface area contributed by atoms with Crippen molar-refractivity contribution < 1.29 is 77.8 Å². The minimum atomic E-state index is -4.77. The number of hydrogen-bond acceptors (Lipinski definition) is 15. The van der Waals surface area contributed by atoms with Crippen LogP contribution in [0, 0.1) is 0 Å². The van der Waals surface area contributed by atoms with Gasteiger partial charge in [0.15, 0.2) is 12.6 Å². The fourth-order valence-electron chi connectivity index (χ4n) is 4.70. The van der Waals surface area contributed by atoms with Gasteiger partial charge in [-0.05, 0) is 12.1 Å². The molecule has 9 N–H and O–H groups in total. The maximum Gasteiger partial charge on any atom is 0.442 e. The van der Waals surface area contributed by atoms with Crippen molar-refractivity contribution in [3.05, 3.63) is 35.4 Å². The predicted molar refractivity (Wildman–Crippen MR) is 130 cm³/mol. The van der Waals surface area contributed by atoms with Crippen molar-refractivity contribution in [1.29, 1.82) is 0 Å². The van der Waals surface area contributed by atoms with Crippen LogP contribution in [-0.4, -0.2) is 147 Å². The van der Waals surface area contributed by atoms with Gasteiger partial charge in [-0.1, -0.05) is 12.1 Å². The van der Waals surface area contributed by atoms with Crippen LogP contribution in [0.15, 0.2) is 34.5 Å². The van der Waals surface area contributed by atoms with Gasteiger partial charge >= 0.3 is 11.8 Å². The first-order valence-corrected chi connectivity index (χ1v) is 13.0. The molecule has 3 heterocycles. The van der Waals surface area contributed by atoms with Crippen LogP contribution in [0.4, 0.5) is 13.2 Å². The molecule has 4 rings (SSSR count). The van der Waals surface area contributed by atoms with Crippen molar-refractivity contribution in [2.45, 2.75) is 79.3 Å². The average Bonchev–Trinajstić information content (AvgIpc) is 3.80. The third kappa shape index (κ3) is 6.97. The van der Waals surface area contributed by atoms with Gasteiger partial charge in [0.05, 0.1) is 32.5 Å². The fourth-order valence-corrected chi connectivity index (χ4v) is 4.70. The molecule has 43 heavy (non-hydrogen) atoms. The summed E-state index contributed by atoms with van der Waals surface area (Å²) in [6.07, 6.45) is -21.0. The molecule has 0 spiro atoms. The summed E-state index contributed by atoms with van der Waals surface area (Å²) in [6, 6.07) is 3.04. The highest BCUT2D eigenvalue weighted by molar-refractivity contribution is 5.94. The van der Waals surface area contributed by atoms with Crippen LogP contribution in [0.2, 0.25) is 0 Å². The normalized spacial score (nSPS) is 36.3. The van der Waals surface area contributed by atoms with Crippen LogP contribution < -0.4 is 5.32 Å². The molecule has 2 fully saturated rings. The third-order valence-corrected chi connectivity index (χ3v) is 7.24. The summed E-state index contributed by atoms with van der Waals surface area (Å²) in [5, 5.41) is 87.9. The van der Waals surface area contributed by atoms with Crippen LogP contribution in [0.3, 0.4) is 0 Å². The number of carbonyl (C=O) groups is 1. The highest BCUT2D eigenvalue weighted by Gasteiger charge is 2.65. The Morgan fingerprint density at radius 1 is 0.837 bits per heavy atom. The Kier molecular flexibility index (Phi) is 10.4. The molecule has 1 aromatic carbocycles. The summed E-state index contributed by atoms with van der Waals surface area (Å²) in [7, 11) is 0. The molecule has 11 atom stereocenters.